The zero-order valence-electron chi connectivity index (χ0n) is 6.96. The molecule has 2 rings (SSSR count). The fraction of sp³-hybridized carbons (Fsp3) is 0.300. The molecule has 0 atom stereocenters. The third-order valence-electron chi connectivity index (χ3n) is 2.55. The van der Waals surface area contributed by atoms with E-state index in [1.165, 1.54) is 6.07 Å². The molecule has 0 bridgehead atoms. The fourth-order valence-electron chi connectivity index (χ4n) is 1.57. The van der Waals surface area contributed by atoms with Crippen LogP contribution in [0.25, 0.3) is 0 Å². The number of carboxylic acid groups (broad SMARTS) is 1. The lowest BCUT2D eigenvalue weighted by Crippen LogP contribution is -2.20. The van der Waals surface area contributed by atoms with E-state index in [4.69, 9.17) is 5.11 Å². The molecule has 0 spiro atoms. The second-order valence-electron chi connectivity index (χ2n) is 3.37. The summed E-state index contributed by atoms with van der Waals surface area (Å²) in [7, 11) is 0. The summed E-state index contributed by atoms with van der Waals surface area (Å²) in [6.45, 7) is 0. The highest BCUT2D eigenvalue weighted by molar-refractivity contribution is 5.84. The molecule has 0 radical (unpaired) electrons. The quantitative estimate of drug-likeness (QED) is 0.755. The number of benzene rings is 1. The lowest BCUT2D eigenvalue weighted by atomic mass is 9.96. The van der Waals surface area contributed by atoms with Gasteiger partial charge in [0.05, 0.1) is 5.41 Å². The highest BCUT2D eigenvalue weighted by atomic mass is 19.1. The first-order chi connectivity index (χ1) is 6.17. The van der Waals surface area contributed by atoms with Crippen LogP contribution in [-0.4, -0.2) is 11.1 Å². The molecule has 1 saturated carbocycles. The summed E-state index contributed by atoms with van der Waals surface area (Å²) < 4.78 is 13.2. The Morgan fingerprint density at radius 1 is 1.38 bits per heavy atom. The molecule has 0 heterocycles. The van der Waals surface area contributed by atoms with Crippen LogP contribution in [0.1, 0.15) is 18.4 Å². The maximum Gasteiger partial charge on any atom is 0.314 e. The van der Waals surface area contributed by atoms with Gasteiger partial charge in [-0.3, -0.25) is 4.79 Å². The Bertz CT molecular complexity index is 356. The van der Waals surface area contributed by atoms with E-state index in [9.17, 15) is 9.18 Å². The number of carboxylic acids is 1. The van der Waals surface area contributed by atoms with Gasteiger partial charge in [-0.15, -0.1) is 0 Å². The first-order valence-electron chi connectivity index (χ1n) is 4.15. The zero-order chi connectivity index (χ0) is 9.47. The first-order valence-corrected chi connectivity index (χ1v) is 4.15. The molecule has 1 aliphatic carbocycles. The van der Waals surface area contributed by atoms with Crippen LogP contribution in [-0.2, 0) is 10.2 Å². The van der Waals surface area contributed by atoms with Crippen LogP contribution in [0.3, 0.4) is 0 Å². The summed E-state index contributed by atoms with van der Waals surface area (Å²) in [6.07, 6.45) is 1.09. The Kier molecular flexibility index (Phi) is 1.62. The van der Waals surface area contributed by atoms with Crippen LogP contribution in [0.5, 0.6) is 0 Å². The summed E-state index contributed by atoms with van der Waals surface area (Å²) in [5.41, 5.74) is -0.603. The van der Waals surface area contributed by atoms with E-state index in [0.717, 1.165) is 0 Å². The van der Waals surface area contributed by atoms with Gasteiger partial charge in [0.2, 0.25) is 0 Å². The van der Waals surface area contributed by atoms with Gasteiger partial charge < -0.3 is 5.11 Å². The molecule has 1 N–H and O–H groups in total. The third-order valence-corrected chi connectivity index (χ3v) is 2.55. The van der Waals surface area contributed by atoms with Gasteiger partial charge in [-0.05, 0) is 18.9 Å². The minimum absolute atomic E-state index is 0.322. The predicted molar refractivity (Wildman–Crippen MR) is 44.9 cm³/mol. The van der Waals surface area contributed by atoms with E-state index in [1.54, 1.807) is 18.2 Å². The smallest absolute Gasteiger partial charge is 0.314 e. The Hall–Kier alpha value is -1.38. The predicted octanol–water partition coefficient (Wildman–Crippen LogP) is 1.94. The van der Waals surface area contributed by atoms with Crippen molar-refractivity contribution in [2.45, 2.75) is 18.3 Å². The molecular weight excluding hydrogens is 171 g/mol. The number of hydrogen-bond donors (Lipinski definition) is 1. The molecule has 0 amide bonds. The lowest BCUT2D eigenvalue weighted by molar-refractivity contribution is -0.140. The summed E-state index contributed by atoms with van der Waals surface area (Å²) in [5, 5.41) is 8.91. The lowest BCUT2D eigenvalue weighted by Gasteiger charge is -2.10. The largest absolute Gasteiger partial charge is 0.481 e. The molecule has 2 nitrogen and oxygen atoms in total. The van der Waals surface area contributed by atoms with Crippen molar-refractivity contribution in [1.29, 1.82) is 0 Å². The molecule has 68 valence electrons. The number of halogens is 1. The van der Waals surface area contributed by atoms with Crippen molar-refractivity contribution in [1.82, 2.24) is 0 Å². The van der Waals surface area contributed by atoms with Crippen molar-refractivity contribution in [2.75, 3.05) is 0 Å². The zero-order valence-corrected chi connectivity index (χ0v) is 6.96. The third kappa shape index (κ3) is 1.11. The van der Waals surface area contributed by atoms with E-state index >= 15 is 0 Å². The van der Waals surface area contributed by atoms with Crippen LogP contribution in [0.2, 0.25) is 0 Å². The summed E-state index contributed by atoms with van der Waals surface area (Å²) in [6, 6.07) is 6.09. The monoisotopic (exact) mass is 180 g/mol. The Morgan fingerprint density at radius 3 is 2.46 bits per heavy atom. The molecule has 0 unspecified atom stereocenters. The Morgan fingerprint density at radius 2 is 2.00 bits per heavy atom. The molecular formula is C10H9FO2. The maximum atomic E-state index is 13.2. The molecule has 1 aromatic rings. The number of hydrogen-bond acceptors (Lipinski definition) is 1. The van der Waals surface area contributed by atoms with Crippen molar-refractivity contribution < 1.29 is 14.3 Å². The molecule has 1 aromatic carbocycles. The Labute approximate surface area is 75.0 Å². The number of rotatable bonds is 2. The van der Waals surface area contributed by atoms with Crippen LogP contribution >= 0.6 is 0 Å². The highest BCUT2D eigenvalue weighted by Gasteiger charge is 2.53. The van der Waals surface area contributed by atoms with E-state index in [0.29, 0.717) is 18.4 Å². The van der Waals surface area contributed by atoms with Gasteiger partial charge in [-0.2, -0.15) is 0 Å². The van der Waals surface area contributed by atoms with E-state index < -0.39 is 17.2 Å². The molecule has 0 aliphatic heterocycles. The molecule has 1 fully saturated rings. The first kappa shape index (κ1) is 8.23. The molecule has 13 heavy (non-hydrogen) atoms. The van der Waals surface area contributed by atoms with Gasteiger partial charge in [-0.25, -0.2) is 4.39 Å². The van der Waals surface area contributed by atoms with Gasteiger partial charge >= 0.3 is 5.97 Å². The topological polar surface area (TPSA) is 37.3 Å². The summed E-state index contributed by atoms with van der Waals surface area (Å²) in [5.74, 6) is -1.33. The average Bonchev–Trinajstić information content (AvgIpc) is 2.85. The van der Waals surface area contributed by atoms with E-state index in [2.05, 4.69) is 0 Å². The van der Waals surface area contributed by atoms with E-state index in [-0.39, 0.29) is 0 Å². The van der Waals surface area contributed by atoms with Gasteiger partial charge in [0.15, 0.2) is 0 Å². The van der Waals surface area contributed by atoms with Gasteiger partial charge in [-0.1, -0.05) is 18.2 Å². The van der Waals surface area contributed by atoms with Crippen LogP contribution in [0.15, 0.2) is 24.3 Å². The van der Waals surface area contributed by atoms with Crippen molar-refractivity contribution in [2.24, 2.45) is 0 Å². The summed E-state index contributed by atoms with van der Waals surface area (Å²) in [4.78, 5) is 10.9. The highest BCUT2D eigenvalue weighted by Crippen LogP contribution is 2.49. The summed E-state index contributed by atoms with van der Waals surface area (Å²) >= 11 is 0. The van der Waals surface area contributed by atoms with Crippen molar-refractivity contribution in [3.63, 3.8) is 0 Å². The van der Waals surface area contributed by atoms with Gasteiger partial charge in [0.1, 0.15) is 5.82 Å². The van der Waals surface area contributed by atoms with E-state index in [1.807, 2.05) is 0 Å². The molecule has 0 saturated heterocycles. The Balaban J connectivity index is 2.47. The molecule has 1 aliphatic rings. The normalized spacial score (nSPS) is 18.2. The average molecular weight is 180 g/mol. The van der Waals surface area contributed by atoms with Gasteiger partial charge in [0.25, 0.3) is 0 Å². The fourth-order valence-corrected chi connectivity index (χ4v) is 1.57. The minimum Gasteiger partial charge on any atom is -0.481 e. The minimum atomic E-state index is -0.925. The molecule has 3 heteroatoms. The van der Waals surface area contributed by atoms with Gasteiger partial charge in [0, 0.05) is 5.56 Å². The van der Waals surface area contributed by atoms with Crippen molar-refractivity contribution in [3.05, 3.63) is 35.6 Å². The number of carbonyl (C=O) groups is 1. The van der Waals surface area contributed by atoms with Crippen molar-refractivity contribution in [3.8, 4) is 0 Å². The number of aliphatic carboxylic acids is 1. The second kappa shape index (κ2) is 2.55. The van der Waals surface area contributed by atoms with Crippen molar-refractivity contribution >= 4 is 5.97 Å². The SMILES string of the molecule is O=C(O)C1(c2ccccc2F)CC1. The standard InChI is InChI=1S/C10H9FO2/c11-8-4-2-1-3-7(8)10(5-6-10)9(12)13/h1-4H,5-6H2,(H,12,13). The molecule has 0 aromatic heterocycles. The van der Waals surface area contributed by atoms with Crippen LogP contribution < -0.4 is 0 Å². The second-order valence-corrected chi connectivity index (χ2v) is 3.37. The maximum absolute atomic E-state index is 13.2. The van der Waals surface area contributed by atoms with Crippen LogP contribution in [0, 0.1) is 5.82 Å². The van der Waals surface area contributed by atoms with Crippen LogP contribution in [0.4, 0.5) is 4.39 Å².